The summed E-state index contributed by atoms with van der Waals surface area (Å²) in [6.45, 7) is 2.35. The first kappa shape index (κ1) is 47.7. The predicted octanol–water partition coefficient (Wildman–Crippen LogP) is 9.67. The van der Waals surface area contributed by atoms with Gasteiger partial charge in [-0.15, -0.1) is 0 Å². The zero-order valence-electron chi connectivity index (χ0n) is 31.2. The highest BCUT2D eigenvalue weighted by Gasteiger charge is 2.27. The van der Waals surface area contributed by atoms with Gasteiger partial charge in [0.2, 0.25) is 0 Å². The molecule has 0 amide bonds. The summed E-state index contributed by atoms with van der Waals surface area (Å²) in [5.41, 5.74) is 0. The van der Waals surface area contributed by atoms with Crippen LogP contribution in [0.3, 0.4) is 0 Å². The fraction of sp³-hybridized carbons (Fsp3) is 0.895. The molecule has 11 heteroatoms. The fourth-order valence-corrected chi connectivity index (χ4v) is 6.13. The molecule has 0 fully saturated rings. The van der Waals surface area contributed by atoms with Gasteiger partial charge in [0.15, 0.2) is 6.10 Å². The third kappa shape index (κ3) is 34.9. The lowest BCUT2D eigenvalue weighted by Crippen LogP contribution is -2.29. The number of phosphoric ester groups is 1. The van der Waals surface area contributed by atoms with E-state index >= 15 is 0 Å². The lowest BCUT2D eigenvalue weighted by atomic mass is 10.1. The van der Waals surface area contributed by atoms with E-state index in [9.17, 15) is 24.2 Å². The lowest BCUT2D eigenvalue weighted by Gasteiger charge is -2.20. The number of aliphatic hydroxyl groups excluding tert-OH is 2. The highest BCUT2D eigenvalue weighted by molar-refractivity contribution is 7.47. The maximum Gasteiger partial charge on any atom is 0.472 e. The number of unbranched alkanes of at least 4 members (excludes halogenated alkanes) is 21. The first-order chi connectivity index (χ1) is 23.7. The van der Waals surface area contributed by atoms with Crippen molar-refractivity contribution in [3.8, 4) is 0 Å². The van der Waals surface area contributed by atoms with Crippen molar-refractivity contribution in [2.75, 3.05) is 26.4 Å². The van der Waals surface area contributed by atoms with Crippen molar-refractivity contribution in [2.45, 2.75) is 193 Å². The number of aliphatic hydroxyl groups is 2. The van der Waals surface area contributed by atoms with Crippen LogP contribution < -0.4 is 0 Å². The van der Waals surface area contributed by atoms with Crippen LogP contribution in [-0.4, -0.2) is 65.7 Å². The van der Waals surface area contributed by atoms with Crippen molar-refractivity contribution in [1.82, 2.24) is 0 Å². The summed E-state index contributed by atoms with van der Waals surface area (Å²) in [7, 11) is -4.60. The molecule has 3 N–H and O–H groups in total. The maximum absolute atomic E-state index is 12.5. The number of hydrogen-bond donors (Lipinski definition) is 3. The fourth-order valence-electron chi connectivity index (χ4n) is 5.34. The van der Waals surface area contributed by atoms with E-state index in [-0.39, 0.29) is 19.4 Å². The minimum Gasteiger partial charge on any atom is -0.462 e. The molecule has 1 unspecified atom stereocenters. The van der Waals surface area contributed by atoms with E-state index in [1.54, 1.807) is 0 Å². The molecule has 49 heavy (non-hydrogen) atoms. The van der Waals surface area contributed by atoms with Gasteiger partial charge in [-0.3, -0.25) is 18.6 Å². The Hall–Kier alpha value is -1.29. The van der Waals surface area contributed by atoms with Gasteiger partial charge in [-0.05, 0) is 38.5 Å². The number of hydrogen-bond acceptors (Lipinski definition) is 9. The van der Waals surface area contributed by atoms with Crippen molar-refractivity contribution >= 4 is 19.8 Å². The zero-order chi connectivity index (χ0) is 36.3. The van der Waals surface area contributed by atoms with Gasteiger partial charge in [0, 0.05) is 12.8 Å². The highest BCUT2D eigenvalue weighted by Crippen LogP contribution is 2.43. The van der Waals surface area contributed by atoms with E-state index in [0.717, 1.165) is 51.4 Å². The summed E-state index contributed by atoms with van der Waals surface area (Å²) in [5, 5.41) is 18.3. The lowest BCUT2D eigenvalue weighted by molar-refractivity contribution is -0.161. The molecule has 0 saturated carbocycles. The van der Waals surface area contributed by atoms with Crippen LogP contribution >= 0.6 is 7.82 Å². The molecule has 0 bridgehead atoms. The largest absolute Gasteiger partial charge is 0.472 e. The summed E-state index contributed by atoms with van der Waals surface area (Å²) in [6.07, 6.45) is 30.4. The molecular weight excluding hydrogens is 647 g/mol. The van der Waals surface area contributed by atoms with Crippen molar-refractivity contribution < 1.29 is 47.8 Å². The quantitative estimate of drug-likeness (QED) is 0.0245. The monoisotopic (exact) mass is 720 g/mol. The van der Waals surface area contributed by atoms with Crippen molar-refractivity contribution in [1.29, 1.82) is 0 Å². The van der Waals surface area contributed by atoms with Gasteiger partial charge in [0.25, 0.3) is 0 Å². The Morgan fingerprint density at radius 2 is 1.00 bits per heavy atom. The Labute approximate surface area is 298 Å². The average molecular weight is 721 g/mol. The first-order valence-corrected chi connectivity index (χ1v) is 21.1. The minimum atomic E-state index is -4.60. The molecule has 0 saturated heterocycles. The number of carbonyl (C=O) groups excluding carboxylic acids is 2. The highest BCUT2D eigenvalue weighted by atomic mass is 31.2. The van der Waals surface area contributed by atoms with Crippen LogP contribution in [0.1, 0.15) is 181 Å². The molecule has 0 radical (unpaired) electrons. The molecule has 0 aromatic rings. The number of ether oxygens (including phenoxy) is 2. The van der Waals surface area contributed by atoms with E-state index in [0.29, 0.717) is 12.8 Å². The summed E-state index contributed by atoms with van der Waals surface area (Å²) in [6, 6.07) is 0. The Bertz CT molecular complexity index is 837. The summed E-state index contributed by atoms with van der Waals surface area (Å²) in [4.78, 5) is 34.8. The number of phosphoric acid groups is 1. The number of esters is 2. The van der Waals surface area contributed by atoms with E-state index in [4.69, 9.17) is 19.1 Å². The topological polar surface area (TPSA) is 149 Å². The van der Waals surface area contributed by atoms with Gasteiger partial charge in [-0.1, -0.05) is 142 Å². The third-order valence-corrected chi connectivity index (χ3v) is 9.37. The van der Waals surface area contributed by atoms with Crippen molar-refractivity contribution in [2.24, 2.45) is 0 Å². The van der Waals surface area contributed by atoms with Crippen LogP contribution in [0.25, 0.3) is 0 Å². The van der Waals surface area contributed by atoms with E-state index in [2.05, 4.69) is 30.5 Å². The number of allylic oxidation sites excluding steroid dienone is 2. The molecular formula is C38H73O10P. The molecule has 290 valence electrons. The average Bonchev–Trinajstić information content (AvgIpc) is 3.09. The van der Waals surface area contributed by atoms with Crippen LogP contribution in [-0.2, 0) is 32.7 Å². The molecule has 0 aromatic heterocycles. The standard InChI is InChI=1S/C38H73O10P/c1-3-5-7-9-11-13-15-16-17-18-19-20-22-23-25-27-29-37(41)45-33-36(34-47-49(43,44)46-32-35(40)31-39)48-38(42)30-28-26-24-21-14-12-10-8-6-4-2/h17-18,35-36,39-40H,3-16,19-34H2,1-2H3,(H,43,44)/b18-17-/t35-,36+/m0/s1. The summed E-state index contributed by atoms with van der Waals surface area (Å²) >= 11 is 0. The molecule has 0 aromatic carbocycles. The molecule has 0 aliphatic rings. The minimum absolute atomic E-state index is 0.186. The van der Waals surface area contributed by atoms with Crippen LogP contribution in [0, 0.1) is 0 Å². The predicted molar refractivity (Wildman–Crippen MR) is 196 cm³/mol. The molecule has 3 atom stereocenters. The molecule has 10 nitrogen and oxygen atoms in total. The second-order valence-corrected chi connectivity index (χ2v) is 14.8. The van der Waals surface area contributed by atoms with Gasteiger partial charge in [-0.2, -0.15) is 0 Å². The van der Waals surface area contributed by atoms with Crippen LogP contribution in [0.5, 0.6) is 0 Å². The van der Waals surface area contributed by atoms with Gasteiger partial charge in [-0.25, -0.2) is 4.57 Å². The summed E-state index contributed by atoms with van der Waals surface area (Å²) in [5.74, 6) is -0.931. The normalized spacial score (nSPS) is 14.1. The second-order valence-electron chi connectivity index (χ2n) is 13.3. The molecule has 0 rings (SSSR count). The Balaban J connectivity index is 4.31. The third-order valence-electron chi connectivity index (χ3n) is 8.42. The second kappa shape index (κ2) is 35.1. The van der Waals surface area contributed by atoms with Crippen molar-refractivity contribution in [3.63, 3.8) is 0 Å². The van der Waals surface area contributed by atoms with E-state index in [1.807, 2.05) is 0 Å². The number of rotatable bonds is 37. The summed E-state index contributed by atoms with van der Waals surface area (Å²) < 4.78 is 32.5. The first-order valence-electron chi connectivity index (χ1n) is 19.6. The zero-order valence-corrected chi connectivity index (χ0v) is 32.1. The molecule has 0 aliphatic carbocycles. The van der Waals surface area contributed by atoms with Gasteiger partial charge in [0.05, 0.1) is 19.8 Å². The Morgan fingerprint density at radius 1 is 0.592 bits per heavy atom. The van der Waals surface area contributed by atoms with E-state index in [1.165, 1.54) is 89.9 Å². The van der Waals surface area contributed by atoms with E-state index < -0.39 is 51.8 Å². The molecule has 0 heterocycles. The van der Waals surface area contributed by atoms with Gasteiger partial charge < -0.3 is 24.6 Å². The maximum atomic E-state index is 12.5. The molecule has 0 spiro atoms. The van der Waals surface area contributed by atoms with Gasteiger partial charge >= 0.3 is 19.8 Å². The van der Waals surface area contributed by atoms with Crippen LogP contribution in [0.4, 0.5) is 0 Å². The Morgan fingerprint density at radius 3 is 1.47 bits per heavy atom. The SMILES string of the molecule is CCCCCCCCC/C=C\CCCCCCCC(=O)OC[C@H](COP(=O)(O)OC[C@@H](O)CO)OC(=O)CCCCCCCCCCCC. The van der Waals surface area contributed by atoms with Crippen LogP contribution in [0.2, 0.25) is 0 Å². The number of carbonyl (C=O) groups is 2. The smallest absolute Gasteiger partial charge is 0.462 e. The van der Waals surface area contributed by atoms with Gasteiger partial charge in [0.1, 0.15) is 12.7 Å². The Kier molecular flexibility index (Phi) is 34.2. The van der Waals surface area contributed by atoms with Crippen molar-refractivity contribution in [3.05, 3.63) is 12.2 Å². The molecule has 0 aliphatic heterocycles. The van der Waals surface area contributed by atoms with Crippen LogP contribution in [0.15, 0.2) is 12.2 Å².